The maximum Gasteiger partial charge on any atom is 0.358 e. The Labute approximate surface area is 121 Å². The van der Waals surface area contributed by atoms with Crippen LogP contribution in [0.5, 0.6) is 0 Å². The van der Waals surface area contributed by atoms with E-state index in [9.17, 15) is 22.4 Å². The number of benzene rings is 1. The van der Waals surface area contributed by atoms with E-state index in [1.165, 1.54) is 29.0 Å². The molecule has 12 heteroatoms. The molecule has 0 aliphatic rings. The summed E-state index contributed by atoms with van der Waals surface area (Å²) >= 11 is 0. The van der Waals surface area contributed by atoms with Crippen LogP contribution >= 0.6 is 15.2 Å². The number of hydrogen-bond acceptors (Lipinski definition) is 5. The zero-order valence-corrected chi connectivity index (χ0v) is 13.7. The highest BCUT2D eigenvalue weighted by Gasteiger charge is 2.47. The molecule has 0 radical (unpaired) electrons. The van der Waals surface area contributed by atoms with E-state index in [1.54, 1.807) is 6.92 Å². The van der Waals surface area contributed by atoms with Crippen LogP contribution in [0.1, 0.15) is 5.56 Å². The van der Waals surface area contributed by atoms with Crippen molar-refractivity contribution in [1.82, 2.24) is 4.72 Å². The van der Waals surface area contributed by atoms with Gasteiger partial charge in [-0.05, 0) is 19.1 Å². The zero-order valence-electron chi connectivity index (χ0n) is 11.1. The summed E-state index contributed by atoms with van der Waals surface area (Å²) in [5.74, 6) is 0. The second-order valence-corrected chi connectivity index (χ2v) is 9.97. The first-order chi connectivity index (χ1) is 9.40. The van der Waals surface area contributed by atoms with Crippen LogP contribution < -0.4 is 4.72 Å². The predicted octanol–water partition coefficient (Wildman–Crippen LogP) is 0.566. The molecule has 2 unspecified atom stereocenters. The topological polar surface area (TPSA) is 150 Å². The average Bonchev–Trinajstić information content (AvgIpc) is 2.35. The van der Waals surface area contributed by atoms with Gasteiger partial charge >= 0.3 is 15.2 Å². The fourth-order valence-corrected chi connectivity index (χ4v) is 6.18. The van der Waals surface area contributed by atoms with Gasteiger partial charge in [-0.3, -0.25) is 9.13 Å². The van der Waals surface area contributed by atoms with Crippen LogP contribution in [-0.4, -0.2) is 35.7 Å². The highest BCUT2D eigenvalue weighted by molar-refractivity contribution is 7.90. The number of nitrogens with one attached hydrogen (secondary N) is 1. The van der Waals surface area contributed by atoms with E-state index in [0.29, 0.717) is 0 Å². The van der Waals surface area contributed by atoms with Crippen molar-refractivity contribution in [3.05, 3.63) is 29.8 Å². The largest absolute Gasteiger partial charge is 0.358 e. The lowest BCUT2D eigenvalue weighted by molar-refractivity contribution is 0.298. The first kappa shape index (κ1) is 18.5. The third-order valence-corrected chi connectivity index (χ3v) is 8.08. The maximum absolute atomic E-state index is 12.0. The Morgan fingerprint density at radius 2 is 1.62 bits per heavy atom. The Morgan fingerprint density at radius 1 is 1.14 bits per heavy atom. The third-order valence-electron chi connectivity index (χ3n) is 2.48. The molecule has 0 aliphatic heterocycles. The molecule has 0 aromatic heterocycles. The molecule has 120 valence electrons. The molecule has 0 bridgehead atoms. The molecule has 0 aliphatic carbocycles. The van der Waals surface area contributed by atoms with Crippen molar-refractivity contribution in [2.75, 3.05) is 7.11 Å². The van der Waals surface area contributed by atoms with Gasteiger partial charge in [0.2, 0.25) is 15.5 Å². The standard InChI is InChI=1S/C9H15NO8P2S/c1-7-3-5-8(6-4-7)21(16,17)10-9(19(11,12)13)20(14,15)18-2/h3-6,9-10H,1-2H3,(H,14,15)(H2,11,12,13). The van der Waals surface area contributed by atoms with E-state index in [4.69, 9.17) is 9.79 Å². The van der Waals surface area contributed by atoms with Gasteiger partial charge < -0.3 is 19.2 Å². The first-order valence-corrected chi connectivity index (χ1v) is 10.2. The highest BCUT2D eigenvalue weighted by Crippen LogP contribution is 2.61. The van der Waals surface area contributed by atoms with Gasteiger partial charge in [-0.1, -0.05) is 17.7 Å². The Kier molecular flexibility index (Phi) is 5.52. The molecule has 1 aromatic rings. The SMILES string of the molecule is COP(=O)(O)C(NS(=O)(=O)c1ccc(C)cc1)P(=O)(O)O. The predicted molar refractivity (Wildman–Crippen MR) is 74.2 cm³/mol. The minimum atomic E-state index is -5.27. The maximum atomic E-state index is 12.0. The van der Waals surface area contributed by atoms with Gasteiger partial charge in [0.25, 0.3) is 0 Å². The summed E-state index contributed by atoms with van der Waals surface area (Å²) in [5.41, 5.74) is -1.81. The first-order valence-electron chi connectivity index (χ1n) is 5.42. The highest BCUT2D eigenvalue weighted by atomic mass is 32.2. The second kappa shape index (κ2) is 6.28. The molecule has 1 aromatic carbocycles. The number of aryl methyl sites for hydroxylation is 1. The van der Waals surface area contributed by atoms with E-state index in [0.717, 1.165) is 12.7 Å². The molecule has 1 rings (SSSR count). The van der Waals surface area contributed by atoms with E-state index in [1.807, 2.05) is 0 Å². The molecular formula is C9H15NO8P2S. The molecule has 9 nitrogen and oxygen atoms in total. The van der Waals surface area contributed by atoms with Crippen LogP contribution in [0.15, 0.2) is 29.2 Å². The molecule has 0 saturated carbocycles. The lowest BCUT2D eigenvalue weighted by Crippen LogP contribution is -2.35. The van der Waals surface area contributed by atoms with Crippen molar-refractivity contribution in [3.63, 3.8) is 0 Å². The summed E-state index contributed by atoms with van der Waals surface area (Å²) in [4.78, 5) is 27.2. The smallest absolute Gasteiger partial charge is 0.323 e. The van der Waals surface area contributed by atoms with Gasteiger partial charge in [0.1, 0.15) is 0 Å². The summed E-state index contributed by atoms with van der Waals surface area (Å²) in [6.45, 7) is 1.72. The van der Waals surface area contributed by atoms with Gasteiger partial charge in [-0.15, -0.1) is 0 Å². The van der Waals surface area contributed by atoms with Crippen LogP contribution in [0, 0.1) is 6.92 Å². The van der Waals surface area contributed by atoms with Crippen LogP contribution in [0.2, 0.25) is 0 Å². The summed E-state index contributed by atoms with van der Waals surface area (Å²) in [6.07, 6.45) is 0. The van der Waals surface area contributed by atoms with Crippen LogP contribution in [0.4, 0.5) is 0 Å². The quantitative estimate of drug-likeness (QED) is 0.538. The van der Waals surface area contributed by atoms with Gasteiger partial charge in [-0.2, -0.15) is 4.72 Å². The van der Waals surface area contributed by atoms with Gasteiger partial charge in [-0.25, -0.2) is 8.42 Å². The molecular weight excluding hydrogens is 344 g/mol. The molecule has 0 fully saturated rings. The van der Waals surface area contributed by atoms with Crippen LogP contribution in [0.3, 0.4) is 0 Å². The minimum Gasteiger partial charge on any atom is -0.323 e. The molecule has 0 saturated heterocycles. The van der Waals surface area contributed by atoms with Gasteiger partial charge in [0, 0.05) is 7.11 Å². The van der Waals surface area contributed by atoms with Gasteiger partial charge in [0.05, 0.1) is 4.90 Å². The molecule has 2 atom stereocenters. The fourth-order valence-electron chi connectivity index (χ4n) is 1.35. The summed E-state index contributed by atoms with van der Waals surface area (Å²) in [7, 11) is -13.8. The van der Waals surface area contributed by atoms with E-state index >= 15 is 0 Å². The lowest BCUT2D eigenvalue weighted by atomic mass is 10.2. The Hall–Kier alpha value is -0.570. The third kappa shape index (κ3) is 4.70. The van der Waals surface area contributed by atoms with Crippen molar-refractivity contribution in [1.29, 1.82) is 0 Å². The van der Waals surface area contributed by atoms with Crippen molar-refractivity contribution in [2.24, 2.45) is 0 Å². The van der Waals surface area contributed by atoms with Crippen molar-refractivity contribution < 1.29 is 36.8 Å². The second-order valence-electron chi connectivity index (χ2n) is 4.14. The molecule has 21 heavy (non-hydrogen) atoms. The van der Waals surface area contributed by atoms with Crippen molar-refractivity contribution >= 4 is 25.2 Å². The fraction of sp³-hybridized carbons (Fsp3) is 0.333. The van der Waals surface area contributed by atoms with E-state index in [2.05, 4.69) is 4.52 Å². The number of rotatable bonds is 6. The van der Waals surface area contributed by atoms with Crippen LogP contribution in [-0.2, 0) is 23.7 Å². The monoisotopic (exact) mass is 359 g/mol. The zero-order chi connectivity index (χ0) is 16.5. The normalized spacial score (nSPS) is 17.2. The number of hydrogen-bond donors (Lipinski definition) is 4. The Balaban J connectivity index is 3.23. The summed E-state index contributed by atoms with van der Waals surface area (Å²) in [6, 6.07) is 5.33. The molecule has 0 amide bonds. The number of sulfonamides is 1. The van der Waals surface area contributed by atoms with E-state index < -0.39 is 30.7 Å². The van der Waals surface area contributed by atoms with Crippen molar-refractivity contribution in [2.45, 2.75) is 17.3 Å². The van der Waals surface area contributed by atoms with Crippen LogP contribution in [0.25, 0.3) is 0 Å². The molecule has 0 spiro atoms. The average molecular weight is 359 g/mol. The minimum absolute atomic E-state index is 0.303. The molecule has 0 heterocycles. The Morgan fingerprint density at radius 3 is 2.00 bits per heavy atom. The van der Waals surface area contributed by atoms with Gasteiger partial charge in [0.15, 0.2) is 0 Å². The lowest BCUT2D eigenvalue weighted by Gasteiger charge is -2.22. The Bertz CT molecular complexity index is 695. The van der Waals surface area contributed by atoms with Crippen molar-refractivity contribution in [3.8, 4) is 0 Å². The molecule has 4 N–H and O–H groups in total. The summed E-state index contributed by atoms with van der Waals surface area (Å²) < 4.78 is 52.6. The summed E-state index contributed by atoms with van der Waals surface area (Å²) in [5, 5.41) is 0. The van der Waals surface area contributed by atoms with E-state index in [-0.39, 0.29) is 4.90 Å².